The Morgan fingerprint density at radius 2 is 1.66 bits per heavy atom. The van der Waals surface area contributed by atoms with Gasteiger partial charge in [0, 0.05) is 62.2 Å². The number of rotatable bonds is 10. The first-order valence-corrected chi connectivity index (χ1v) is 19.7. The number of carbonyl (C=O) groups excluding carboxylic acids is 1. The molecule has 53 heavy (non-hydrogen) atoms. The van der Waals surface area contributed by atoms with Gasteiger partial charge in [0.05, 0.1) is 15.4 Å². The quantitative estimate of drug-likeness (QED) is 0.163. The first kappa shape index (κ1) is 37.1. The Labute approximate surface area is 307 Å². The molecule has 1 spiro atoms. The van der Waals surface area contributed by atoms with E-state index in [0.29, 0.717) is 25.3 Å². The summed E-state index contributed by atoms with van der Waals surface area (Å²) >= 11 is 0. The first-order chi connectivity index (χ1) is 25.3. The maximum atomic E-state index is 13.8. The van der Waals surface area contributed by atoms with Crippen LogP contribution in [0.4, 0.5) is 30.2 Å². The number of benzene rings is 3. The van der Waals surface area contributed by atoms with E-state index in [4.69, 9.17) is 4.74 Å². The Kier molecular flexibility index (Phi) is 10.4. The summed E-state index contributed by atoms with van der Waals surface area (Å²) in [6.07, 6.45) is 2.75. The Bertz CT molecular complexity index is 1920. The predicted molar refractivity (Wildman–Crippen MR) is 193 cm³/mol. The molecule has 1 amide bonds. The van der Waals surface area contributed by atoms with Gasteiger partial charge in [-0.15, -0.1) is 0 Å². The highest BCUT2D eigenvalue weighted by Gasteiger charge is 2.50. The van der Waals surface area contributed by atoms with Crippen molar-refractivity contribution in [2.45, 2.75) is 74.5 Å². The van der Waals surface area contributed by atoms with Gasteiger partial charge >= 0.3 is 6.18 Å². The molecule has 1 atom stereocenters. The minimum atomic E-state index is -4.41. The lowest BCUT2D eigenvalue weighted by molar-refractivity contribution is -0.384. The minimum Gasteiger partial charge on any atom is -0.381 e. The summed E-state index contributed by atoms with van der Waals surface area (Å²) in [4.78, 5) is 28.3. The third-order valence-corrected chi connectivity index (χ3v) is 13.0. The van der Waals surface area contributed by atoms with E-state index in [-0.39, 0.29) is 34.7 Å². The number of nitro groups is 1. The topological polar surface area (TPSA) is 134 Å². The van der Waals surface area contributed by atoms with Crippen molar-refractivity contribution in [2.75, 3.05) is 49.6 Å². The first-order valence-electron chi connectivity index (χ1n) is 18.3. The van der Waals surface area contributed by atoms with E-state index in [1.807, 2.05) is 4.72 Å². The fourth-order valence-electron chi connectivity index (χ4n) is 8.68. The van der Waals surface area contributed by atoms with Gasteiger partial charge in [0.1, 0.15) is 5.69 Å². The summed E-state index contributed by atoms with van der Waals surface area (Å²) < 4.78 is 75.0. The largest absolute Gasteiger partial charge is 0.416 e. The molecule has 284 valence electrons. The molecule has 3 heterocycles. The van der Waals surface area contributed by atoms with Crippen LogP contribution in [0.3, 0.4) is 0 Å². The molecule has 11 nitrogen and oxygen atoms in total. The van der Waals surface area contributed by atoms with Crippen molar-refractivity contribution in [2.24, 2.45) is 11.3 Å². The number of carbonyl (C=O) groups is 1. The number of likely N-dealkylation sites (tertiary alicyclic amines) is 1. The zero-order valence-electron chi connectivity index (χ0n) is 29.3. The average Bonchev–Trinajstić information content (AvgIpc) is 3.62. The monoisotopic (exact) mass is 755 g/mol. The summed E-state index contributed by atoms with van der Waals surface area (Å²) in [5.74, 6) is -0.561. The molecule has 0 unspecified atom stereocenters. The van der Waals surface area contributed by atoms with Crippen LogP contribution in [0.1, 0.15) is 78.9 Å². The number of hydrogen-bond acceptors (Lipinski definition) is 9. The highest BCUT2D eigenvalue weighted by Crippen LogP contribution is 2.54. The van der Waals surface area contributed by atoms with Crippen molar-refractivity contribution in [3.05, 3.63) is 93.5 Å². The zero-order valence-corrected chi connectivity index (χ0v) is 30.1. The van der Waals surface area contributed by atoms with Crippen LogP contribution in [0.25, 0.3) is 0 Å². The van der Waals surface area contributed by atoms with Gasteiger partial charge in [-0.25, -0.2) is 13.1 Å². The van der Waals surface area contributed by atoms with Crippen LogP contribution in [-0.2, 0) is 20.9 Å². The lowest BCUT2D eigenvalue weighted by Gasteiger charge is -2.56. The number of halogens is 3. The summed E-state index contributed by atoms with van der Waals surface area (Å²) in [6.45, 7) is 4.16. The van der Waals surface area contributed by atoms with Crippen molar-refractivity contribution in [3.8, 4) is 0 Å². The van der Waals surface area contributed by atoms with Crippen molar-refractivity contribution in [1.29, 1.82) is 0 Å². The molecule has 0 bridgehead atoms. The van der Waals surface area contributed by atoms with Crippen molar-refractivity contribution < 1.29 is 36.0 Å². The highest BCUT2D eigenvalue weighted by atomic mass is 32.2. The number of piperidine rings is 1. The van der Waals surface area contributed by atoms with Gasteiger partial charge in [-0.3, -0.25) is 19.8 Å². The van der Waals surface area contributed by atoms with Crippen LogP contribution in [0.5, 0.6) is 0 Å². The molecule has 2 N–H and O–H groups in total. The van der Waals surface area contributed by atoms with Gasteiger partial charge in [-0.05, 0) is 117 Å². The molecule has 4 aliphatic rings. The molecule has 15 heteroatoms. The summed E-state index contributed by atoms with van der Waals surface area (Å²) in [5.41, 5.74) is 0.853. The molecule has 3 aromatic rings. The van der Waals surface area contributed by atoms with E-state index < -0.39 is 43.2 Å². The van der Waals surface area contributed by atoms with Gasteiger partial charge < -0.3 is 15.0 Å². The number of alkyl halides is 3. The van der Waals surface area contributed by atoms with Gasteiger partial charge in [0.25, 0.3) is 21.6 Å². The van der Waals surface area contributed by atoms with Crippen molar-refractivity contribution >= 4 is 33.0 Å². The van der Waals surface area contributed by atoms with E-state index in [0.717, 1.165) is 82.8 Å². The second-order valence-corrected chi connectivity index (χ2v) is 16.6. The number of amides is 1. The Morgan fingerprint density at radius 3 is 2.34 bits per heavy atom. The van der Waals surface area contributed by atoms with Crippen LogP contribution in [0.2, 0.25) is 0 Å². The van der Waals surface area contributed by atoms with E-state index >= 15 is 0 Å². The third-order valence-electron chi connectivity index (χ3n) is 11.7. The third kappa shape index (κ3) is 8.02. The van der Waals surface area contributed by atoms with E-state index in [2.05, 4.69) is 15.1 Å². The Hall–Kier alpha value is -4.21. The standard InChI is InChI=1S/C38H44F3N5O6S/c39-38(40,41)32-5-2-1-4-31(32)34-6-3-17-45(34)29-23-37(24-29)15-18-44(19-16-37)28-9-7-27(8-10-28)36(47)43-53(50,51)30-11-12-33(35(22-30)46(48)49)42-25-26-13-20-52-21-14-26/h1-2,4-5,7-12,22,26,29,34,42H,3,6,13-21,23-25H2,(H,43,47)/t34-/m0/s1. The smallest absolute Gasteiger partial charge is 0.381 e. The zero-order chi connectivity index (χ0) is 37.4. The maximum Gasteiger partial charge on any atom is 0.416 e. The van der Waals surface area contributed by atoms with Crippen LogP contribution in [-0.4, -0.2) is 69.6 Å². The molecule has 0 radical (unpaired) electrons. The average molecular weight is 756 g/mol. The number of sulfonamides is 1. The lowest BCUT2D eigenvalue weighted by Crippen LogP contribution is -2.55. The molecule has 4 fully saturated rings. The fourth-order valence-corrected chi connectivity index (χ4v) is 9.67. The number of nitrogens with zero attached hydrogens (tertiary/aromatic N) is 3. The highest BCUT2D eigenvalue weighted by molar-refractivity contribution is 7.90. The SMILES string of the molecule is O=C(NS(=O)(=O)c1ccc(NCC2CCOCC2)c([N+](=O)[O-])c1)c1ccc(N2CCC3(CC2)CC(N2CCC[C@H]2c2ccccc2C(F)(F)F)C3)cc1. The molecule has 1 aliphatic carbocycles. The normalized spacial score (nSPS) is 21.3. The molecule has 3 saturated heterocycles. The minimum absolute atomic E-state index is 0.129. The Balaban J connectivity index is 0.924. The summed E-state index contributed by atoms with van der Waals surface area (Å²) in [7, 11) is -4.41. The second-order valence-electron chi connectivity index (χ2n) is 14.9. The molecule has 7 rings (SSSR count). The van der Waals surface area contributed by atoms with Crippen LogP contribution < -0.4 is 14.9 Å². The molecule has 3 aromatic carbocycles. The molecule has 3 aliphatic heterocycles. The lowest BCUT2D eigenvalue weighted by atomic mass is 9.59. The van der Waals surface area contributed by atoms with E-state index in [9.17, 15) is 36.5 Å². The van der Waals surface area contributed by atoms with E-state index in [1.165, 1.54) is 24.3 Å². The van der Waals surface area contributed by atoms with Crippen molar-refractivity contribution in [1.82, 2.24) is 9.62 Å². The number of ether oxygens (including phenoxy) is 1. The number of hydrogen-bond donors (Lipinski definition) is 2. The maximum absolute atomic E-state index is 13.8. The molecular weight excluding hydrogens is 712 g/mol. The van der Waals surface area contributed by atoms with Gasteiger partial charge in [-0.1, -0.05) is 18.2 Å². The Morgan fingerprint density at radius 1 is 0.962 bits per heavy atom. The van der Waals surface area contributed by atoms with Crippen LogP contribution in [0.15, 0.2) is 71.6 Å². The van der Waals surface area contributed by atoms with Gasteiger partial charge in [0.15, 0.2) is 0 Å². The molecular formula is C38H44F3N5O6S. The number of nitro benzene ring substituents is 1. The van der Waals surface area contributed by atoms with E-state index in [1.54, 1.807) is 36.4 Å². The van der Waals surface area contributed by atoms with Gasteiger partial charge in [0.2, 0.25) is 0 Å². The summed E-state index contributed by atoms with van der Waals surface area (Å²) in [5, 5.41) is 14.9. The predicted octanol–water partition coefficient (Wildman–Crippen LogP) is 7.16. The summed E-state index contributed by atoms with van der Waals surface area (Å²) in [6, 6.07) is 16.2. The fraction of sp³-hybridized carbons (Fsp3) is 0.500. The molecule has 0 aromatic heterocycles. The van der Waals surface area contributed by atoms with Crippen LogP contribution >= 0.6 is 0 Å². The number of anilines is 2. The van der Waals surface area contributed by atoms with Crippen LogP contribution in [0, 0.1) is 21.4 Å². The second kappa shape index (κ2) is 14.9. The number of nitrogens with one attached hydrogen (secondary N) is 2. The van der Waals surface area contributed by atoms with Gasteiger partial charge in [-0.2, -0.15) is 13.2 Å². The van der Waals surface area contributed by atoms with Crippen molar-refractivity contribution in [3.63, 3.8) is 0 Å². The molecule has 1 saturated carbocycles.